The van der Waals surface area contributed by atoms with Gasteiger partial charge in [-0.1, -0.05) is 0 Å². The van der Waals surface area contributed by atoms with Crippen LogP contribution in [0.5, 0.6) is 0 Å². The van der Waals surface area contributed by atoms with Crippen LogP contribution in [0, 0.1) is 6.92 Å². The molecule has 14 heavy (non-hydrogen) atoms. The lowest BCUT2D eigenvalue weighted by molar-refractivity contribution is 0.0719. The third-order valence-electron chi connectivity index (χ3n) is 1.58. The Morgan fingerprint density at radius 1 is 1.07 bits per heavy atom. The lowest BCUT2D eigenvalue weighted by Crippen LogP contribution is -2.47. The molecule has 0 N–H and O–H groups in total. The summed E-state index contributed by atoms with van der Waals surface area (Å²) in [4.78, 5) is 0. The van der Waals surface area contributed by atoms with Gasteiger partial charge in [-0.3, -0.25) is 0 Å². The molecule has 0 saturated heterocycles. The molecule has 0 spiro atoms. The van der Waals surface area contributed by atoms with Crippen LogP contribution in [0.4, 0.5) is 0 Å². The first-order chi connectivity index (χ1) is 6.60. The van der Waals surface area contributed by atoms with Crippen molar-refractivity contribution in [3.05, 3.63) is 6.92 Å². The van der Waals surface area contributed by atoms with Crippen LogP contribution in [0.2, 0.25) is 6.04 Å². The molecule has 0 aromatic rings. The van der Waals surface area contributed by atoms with Gasteiger partial charge in [0.05, 0.1) is 0 Å². The Morgan fingerprint density at radius 2 is 1.43 bits per heavy atom. The summed E-state index contributed by atoms with van der Waals surface area (Å²) in [5.41, 5.74) is 0. The van der Waals surface area contributed by atoms with Crippen molar-refractivity contribution in [2.24, 2.45) is 0 Å². The van der Waals surface area contributed by atoms with Crippen molar-refractivity contribution >= 4 is 21.4 Å². The predicted octanol–water partition coefficient (Wildman–Crippen LogP) is 2.17. The molecule has 0 aliphatic rings. The minimum absolute atomic E-state index is 0.00804. The van der Waals surface area contributed by atoms with Crippen LogP contribution in [0.1, 0.15) is 20.8 Å². The highest BCUT2D eigenvalue weighted by atomic mass is 32.1. The Kier molecular flexibility index (Phi) is 7.95. The molecular formula is C9H21O3SSi. The zero-order valence-corrected chi connectivity index (χ0v) is 11.2. The molecule has 3 nitrogen and oxygen atoms in total. The van der Waals surface area contributed by atoms with E-state index in [1.807, 2.05) is 20.8 Å². The zero-order chi connectivity index (χ0) is 11.0. The average molecular weight is 237 g/mol. The van der Waals surface area contributed by atoms with Crippen molar-refractivity contribution in [2.75, 3.05) is 19.8 Å². The molecule has 0 aliphatic heterocycles. The molecule has 0 aromatic heterocycles. The van der Waals surface area contributed by atoms with E-state index in [0.717, 1.165) is 0 Å². The van der Waals surface area contributed by atoms with E-state index in [2.05, 4.69) is 19.6 Å². The van der Waals surface area contributed by atoms with Gasteiger partial charge in [0.1, 0.15) is 0 Å². The fourth-order valence-corrected chi connectivity index (χ4v) is 4.42. The highest BCUT2D eigenvalue weighted by Crippen LogP contribution is 2.20. The molecule has 1 atom stereocenters. The minimum Gasteiger partial charge on any atom is -0.374 e. The first-order valence-corrected chi connectivity index (χ1v) is 7.48. The average Bonchev–Trinajstić information content (AvgIpc) is 2.03. The van der Waals surface area contributed by atoms with E-state index in [1.54, 1.807) is 0 Å². The van der Waals surface area contributed by atoms with Crippen molar-refractivity contribution in [1.82, 2.24) is 0 Å². The Labute approximate surface area is 93.9 Å². The van der Waals surface area contributed by atoms with Crippen molar-refractivity contribution in [2.45, 2.75) is 32.1 Å². The van der Waals surface area contributed by atoms with Crippen molar-refractivity contribution < 1.29 is 13.3 Å². The summed E-state index contributed by atoms with van der Waals surface area (Å²) in [6.45, 7) is 11.5. The number of rotatable bonds is 8. The lowest BCUT2D eigenvalue weighted by atomic mass is 10.6. The summed E-state index contributed by atoms with van der Waals surface area (Å²) in [7, 11) is -2.50. The van der Waals surface area contributed by atoms with Gasteiger partial charge in [0.15, 0.2) is 0 Å². The van der Waals surface area contributed by atoms with Crippen molar-refractivity contribution in [1.29, 1.82) is 0 Å². The van der Waals surface area contributed by atoms with E-state index in [-0.39, 0.29) is 5.25 Å². The van der Waals surface area contributed by atoms with E-state index in [4.69, 9.17) is 13.3 Å². The molecular weight excluding hydrogens is 216 g/mol. The van der Waals surface area contributed by atoms with Crippen LogP contribution in [-0.4, -0.2) is 33.9 Å². The van der Waals surface area contributed by atoms with Gasteiger partial charge in [0, 0.05) is 31.1 Å². The Bertz CT molecular complexity index is 127. The molecule has 0 saturated carbocycles. The SMILES string of the molecule is [CH2]C(S)C[Si](OCC)(OCC)OCC. The van der Waals surface area contributed by atoms with Crippen LogP contribution in [0.3, 0.4) is 0 Å². The molecule has 1 unspecified atom stereocenters. The van der Waals surface area contributed by atoms with Crippen LogP contribution in [-0.2, 0) is 13.3 Å². The second kappa shape index (κ2) is 7.70. The number of hydrogen-bond donors (Lipinski definition) is 1. The second-order valence-corrected chi connectivity index (χ2v) is 6.21. The zero-order valence-electron chi connectivity index (χ0n) is 9.28. The Morgan fingerprint density at radius 3 is 1.64 bits per heavy atom. The topological polar surface area (TPSA) is 27.7 Å². The van der Waals surface area contributed by atoms with Crippen LogP contribution in [0.15, 0.2) is 0 Å². The first-order valence-electron chi connectivity index (χ1n) is 5.03. The van der Waals surface area contributed by atoms with Gasteiger partial charge < -0.3 is 13.3 Å². The molecule has 0 amide bonds. The fraction of sp³-hybridized carbons (Fsp3) is 0.889. The molecule has 85 valence electrons. The highest BCUT2D eigenvalue weighted by Gasteiger charge is 2.41. The first kappa shape index (κ1) is 14.4. The minimum atomic E-state index is -2.50. The third-order valence-corrected chi connectivity index (χ3v) is 5.28. The van der Waals surface area contributed by atoms with Gasteiger partial charge >= 0.3 is 8.80 Å². The van der Waals surface area contributed by atoms with E-state index in [1.165, 1.54) is 0 Å². The quantitative estimate of drug-likeness (QED) is 0.518. The summed E-state index contributed by atoms with van der Waals surface area (Å²) in [6, 6.07) is 0.658. The Balaban J connectivity index is 4.37. The normalized spacial score (nSPS) is 14.4. The van der Waals surface area contributed by atoms with E-state index in [9.17, 15) is 0 Å². The third kappa shape index (κ3) is 5.36. The van der Waals surface area contributed by atoms with Crippen molar-refractivity contribution in [3.63, 3.8) is 0 Å². The molecule has 0 aromatic carbocycles. The summed E-state index contributed by atoms with van der Waals surface area (Å²) in [5.74, 6) is 0. The molecule has 5 heteroatoms. The monoisotopic (exact) mass is 237 g/mol. The smallest absolute Gasteiger partial charge is 0.374 e. The molecule has 0 heterocycles. The summed E-state index contributed by atoms with van der Waals surface area (Å²) < 4.78 is 16.9. The Hall–Kier alpha value is 0.447. The second-order valence-electron chi connectivity index (χ2n) is 2.84. The fourth-order valence-electron chi connectivity index (χ4n) is 1.25. The van der Waals surface area contributed by atoms with E-state index in [0.29, 0.717) is 25.9 Å². The van der Waals surface area contributed by atoms with Crippen molar-refractivity contribution in [3.8, 4) is 0 Å². The number of hydrogen-bond acceptors (Lipinski definition) is 4. The van der Waals surface area contributed by atoms with Gasteiger partial charge in [-0.05, 0) is 27.7 Å². The maximum absolute atomic E-state index is 5.63. The molecule has 0 fully saturated rings. The summed E-state index contributed by atoms with van der Waals surface area (Å²) >= 11 is 4.25. The lowest BCUT2D eigenvalue weighted by Gasteiger charge is -2.29. The molecule has 0 aliphatic carbocycles. The maximum atomic E-state index is 5.63. The van der Waals surface area contributed by atoms with Crippen LogP contribution in [0.25, 0.3) is 0 Å². The largest absolute Gasteiger partial charge is 0.502 e. The van der Waals surface area contributed by atoms with Crippen LogP contribution < -0.4 is 0 Å². The van der Waals surface area contributed by atoms with Gasteiger partial charge in [-0.25, -0.2) is 0 Å². The highest BCUT2D eigenvalue weighted by molar-refractivity contribution is 7.81. The number of thiol groups is 1. The molecule has 0 rings (SSSR count). The summed E-state index contributed by atoms with van der Waals surface area (Å²) in [6.07, 6.45) is 0. The van der Waals surface area contributed by atoms with E-state index >= 15 is 0 Å². The maximum Gasteiger partial charge on any atom is 0.502 e. The van der Waals surface area contributed by atoms with E-state index < -0.39 is 8.80 Å². The van der Waals surface area contributed by atoms with Gasteiger partial charge in [-0.2, -0.15) is 12.6 Å². The molecule has 1 radical (unpaired) electrons. The summed E-state index contributed by atoms with van der Waals surface area (Å²) in [5, 5.41) is -0.00804. The van der Waals surface area contributed by atoms with Gasteiger partial charge in [-0.15, -0.1) is 0 Å². The molecule has 0 bridgehead atoms. The van der Waals surface area contributed by atoms with Gasteiger partial charge in [0.25, 0.3) is 0 Å². The standard InChI is InChI=1S/C9H21O3SSi/c1-5-10-14(11-6-2,12-7-3)8-9(4)13/h9,13H,4-8H2,1-3H3. The van der Waals surface area contributed by atoms with Gasteiger partial charge in [0.2, 0.25) is 0 Å². The predicted molar refractivity (Wildman–Crippen MR) is 63.6 cm³/mol. The van der Waals surface area contributed by atoms with Crippen LogP contribution >= 0.6 is 12.6 Å².